The molecule has 1 N–H and O–H groups in total. The molecule has 3 rings (SSSR count). The molecule has 0 atom stereocenters. The molecule has 26 heavy (non-hydrogen) atoms. The van der Waals surface area contributed by atoms with Crippen molar-refractivity contribution in [1.82, 2.24) is 10.2 Å². The third-order valence-corrected chi connectivity index (χ3v) is 5.14. The molecule has 1 aliphatic rings. The van der Waals surface area contributed by atoms with Gasteiger partial charge in [-0.25, -0.2) is 0 Å². The van der Waals surface area contributed by atoms with E-state index < -0.39 is 0 Å². The van der Waals surface area contributed by atoms with Crippen LogP contribution in [0.1, 0.15) is 39.1 Å². The molecule has 6 heteroatoms. The third-order valence-electron chi connectivity index (χ3n) is 4.59. The van der Waals surface area contributed by atoms with Crippen molar-refractivity contribution in [3.8, 4) is 0 Å². The van der Waals surface area contributed by atoms with Crippen LogP contribution < -0.4 is 5.32 Å². The number of piperidine rings is 1. The first-order valence-electron chi connectivity index (χ1n) is 8.56. The van der Waals surface area contributed by atoms with Crippen LogP contribution in [0.4, 0.5) is 0 Å². The second-order valence-electron chi connectivity index (χ2n) is 6.53. The zero-order valence-corrected chi connectivity index (χ0v) is 16.0. The summed E-state index contributed by atoms with van der Waals surface area (Å²) in [5.74, 6) is -0.175. The average Bonchev–Trinajstić information content (AvgIpc) is 2.62. The molecule has 0 bridgehead atoms. The maximum Gasteiger partial charge on any atom is 0.255 e. The number of benzene rings is 2. The van der Waals surface area contributed by atoms with Crippen molar-refractivity contribution in [3.63, 3.8) is 0 Å². The fourth-order valence-corrected chi connectivity index (χ4v) is 3.52. The van der Waals surface area contributed by atoms with Gasteiger partial charge < -0.3 is 10.2 Å². The fourth-order valence-electron chi connectivity index (χ4n) is 3.03. The van der Waals surface area contributed by atoms with Crippen LogP contribution in [-0.4, -0.2) is 35.8 Å². The first-order valence-corrected chi connectivity index (χ1v) is 9.31. The van der Waals surface area contributed by atoms with Crippen molar-refractivity contribution in [3.05, 3.63) is 69.2 Å². The maximum absolute atomic E-state index is 12.6. The van der Waals surface area contributed by atoms with E-state index in [9.17, 15) is 9.59 Å². The van der Waals surface area contributed by atoms with Crippen molar-refractivity contribution in [2.75, 3.05) is 13.1 Å². The zero-order valence-electron chi connectivity index (χ0n) is 14.5. The molecule has 136 valence electrons. The van der Waals surface area contributed by atoms with E-state index in [1.54, 1.807) is 23.1 Å². The molecule has 1 fully saturated rings. The quantitative estimate of drug-likeness (QED) is 0.847. The second-order valence-corrected chi connectivity index (χ2v) is 7.37. The van der Waals surface area contributed by atoms with Gasteiger partial charge in [-0.05, 0) is 50.1 Å². The molecular formula is C20H20Cl2N2O2. The van der Waals surface area contributed by atoms with E-state index in [2.05, 4.69) is 5.32 Å². The summed E-state index contributed by atoms with van der Waals surface area (Å²) >= 11 is 12.0. The van der Waals surface area contributed by atoms with Gasteiger partial charge in [-0.3, -0.25) is 9.59 Å². The number of nitrogens with one attached hydrogen (secondary N) is 1. The molecule has 0 aromatic heterocycles. The summed E-state index contributed by atoms with van der Waals surface area (Å²) in [6.45, 7) is 3.15. The lowest BCUT2D eigenvalue weighted by Gasteiger charge is -2.32. The van der Waals surface area contributed by atoms with Crippen LogP contribution in [0, 0.1) is 6.92 Å². The Morgan fingerprint density at radius 1 is 1.04 bits per heavy atom. The van der Waals surface area contributed by atoms with Gasteiger partial charge in [0.1, 0.15) is 0 Å². The number of hydrogen-bond donors (Lipinski definition) is 1. The lowest BCUT2D eigenvalue weighted by Crippen LogP contribution is -2.46. The fraction of sp³-hybridized carbons (Fsp3) is 0.300. The number of carbonyl (C=O) groups is 2. The summed E-state index contributed by atoms with van der Waals surface area (Å²) in [5.41, 5.74) is 2.23. The highest BCUT2D eigenvalue weighted by Crippen LogP contribution is 2.23. The van der Waals surface area contributed by atoms with Crippen molar-refractivity contribution in [2.45, 2.75) is 25.8 Å². The molecule has 0 saturated carbocycles. The van der Waals surface area contributed by atoms with Gasteiger partial charge in [0.2, 0.25) is 0 Å². The number of amides is 2. The molecule has 1 aliphatic heterocycles. The number of halogens is 2. The van der Waals surface area contributed by atoms with Crippen LogP contribution >= 0.6 is 23.2 Å². The van der Waals surface area contributed by atoms with E-state index in [0.29, 0.717) is 47.1 Å². The summed E-state index contributed by atoms with van der Waals surface area (Å²) in [4.78, 5) is 26.7. The molecule has 2 amide bonds. The summed E-state index contributed by atoms with van der Waals surface area (Å²) in [7, 11) is 0. The van der Waals surface area contributed by atoms with Gasteiger partial charge in [0.15, 0.2) is 0 Å². The average molecular weight is 391 g/mol. The lowest BCUT2D eigenvalue weighted by molar-refractivity contribution is 0.0698. The molecule has 2 aromatic carbocycles. The van der Waals surface area contributed by atoms with Crippen LogP contribution in [0.2, 0.25) is 10.0 Å². The van der Waals surface area contributed by atoms with Crippen LogP contribution in [0.15, 0.2) is 42.5 Å². The van der Waals surface area contributed by atoms with Crippen molar-refractivity contribution >= 4 is 35.0 Å². The molecule has 1 heterocycles. The first-order chi connectivity index (χ1) is 12.4. The smallest absolute Gasteiger partial charge is 0.255 e. The summed E-state index contributed by atoms with van der Waals surface area (Å²) < 4.78 is 0. The van der Waals surface area contributed by atoms with E-state index in [4.69, 9.17) is 23.2 Å². The number of nitrogens with zero attached hydrogens (tertiary/aromatic N) is 1. The summed E-state index contributed by atoms with van der Waals surface area (Å²) in [5, 5.41) is 3.91. The van der Waals surface area contributed by atoms with Crippen LogP contribution in [0.3, 0.4) is 0 Å². The monoisotopic (exact) mass is 390 g/mol. The van der Waals surface area contributed by atoms with Crippen LogP contribution in [0.25, 0.3) is 0 Å². The van der Waals surface area contributed by atoms with Crippen molar-refractivity contribution < 1.29 is 9.59 Å². The summed E-state index contributed by atoms with van der Waals surface area (Å²) in [6, 6.07) is 12.4. The Hall–Kier alpha value is -2.04. The Bertz CT molecular complexity index is 813. The van der Waals surface area contributed by atoms with Crippen molar-refractivity contribution in [2.24, 2.45) is 0 Å². The number of carbonyl (C=O) groups excluding carboxylic acids is 2. The minimum absolute atomic E-state index is 0.0635. The topological polar surface area (TPSA) is 49.4 Å². The first kappa shape index (κ1) is 18.7. The van der Waals surface area contributed by atoms with Gasteiger partial charge in [0, 0.05) is 29.7 Å². The largest absolute Gasteiger partial charge is 0.349 e. The number of likely N-dealkylation sites (tertiary alicyclic amines) is 1. The predicted molar refractivity (Wildman–Crippen MR) is 104 cm³/mol. The molecular weight excluding hydrogens is 371 g/mol. The van der Waals surface area contributed by atoms with E-state index >= 15 is 0 Å². The third kappa shape index (κ3) is 4.37. The molecule has 0 radical (unpaired) electrons. The predicted octanol–water partition coefficient (Wildman–Crippen LogP) is 4.34. The zero-order chi connectivity index (χ0) is 18.7. The molecule has 0 unspecified atom stereocenters. The highest BCUT2D eigenvalue weighted by Gasteiger charge is 2.26. The highest BCUT2D eigenvalue weighted by molar-refractivity contribution is 6.36. The van der Waals surface area contributed by atoms with E-state index in [1.807, 2.05) is 31.2 Å². The normalized spacial score (nSPS) is 15.0. The van der Waals surface area contributed by atoms with Gasteiger partial charge in [-0.1, -0.05) is 40.9 Å². The van der Waals surface area contributed by atoms with Crippen LogP contribution in [0.5, 0.6) is 0 Å². The Morgan fingerprint density at radius 2 is 1.69 bits per heavy atom. The molecule has 0 spiro atoms. The van der Waals surface area contributed by atoms with Gasteiger partial charge in [-0.2, -0.15) is 0 Å². The van der Waals surface area contributed by atoms with Crippen molar-refractivity contribution in [1.29, 1.82) is 0 Å². The SMILES string of the molecule is Cc1ccc(C(=O)NC2CCN(C(=O)c3ccc(Cl)cc3Cl)CC2)cc1. The lowest BCUT2D eigenvalue weighted by atomic mass is 10.0. The Morgan fingerprint density at radius 3 is 2.31 bits per heavy atom. The maximum atomic E-state index is 12.6. The Labute approximate surface area is 163 Å². The molecule has 4 nitrogen and oxygen atoms in total. The minimum atomic E-state index is -0.102. The molecule has 0 aliphatic carbocycles. The van der Waals surface area contributed by atoms with E-state index in [1.165, 1.54) is 0 Å². The number of rotatable bonds is 3. The Balaban J connectivity index is 1.56. The second kappa shape index (κ2) is 8.11. The van der Waals surface area contributed by atoms with Gasteiger partial charge >= 0.3 is 0 Å². The number of hydrogen-bond acceptors (Lipinski definition) is 2. The Kier molecular flexibility index (Phi) is 5.84. The standard InChI is InChI=1S/C20H20Cl2N2O2/c1-13-2-4-14(5-3-13)19(25)23-16-8-10-24(11-9-16)20(26)17-7-6-15(21)12-18(17)22/h2-7,12,16H,8-11H2,1H3,(H,23,25). The number of aryl methyl sites for hydroxylation is 1. The highest BCUT2D eigenvalue weighted by atomic mass is 35.5. The molecule has 1 saturated heterocycles. The molecule has 2 aromatic rings. The van der Waals surface area contributed by atoms with Crippen LogP contribution in [-0.2, 0) is 0 Å². The van der Waals surface area contributed by atoms with E-state index in [-0.39, 0.29) is 17.9 Å². The van der Waals surface area contributed by atoms with Gasteiger partial charge in [0.25, 0.3) is 11.8 Å². The van der Waals surface area contributed by atoms with Gasteiger partial charge in [0.05, 0.1) is 10.6 Å². The summed E-state index contributed by atoms with van der Waals surface area (Å²) in [6.07, 6.45) is 1.43. The van der Waals surface area contributed by atoms with E-state index in [0.717, 1.165) is 5.56 Å². The van der Waals surface area contributed by atoms with Gasteiger partial charge in [-0.15, -0.1) is 0 Å². The minimum Gasteiger partial charge on any atom is -0.349 e.